The van der Waals surface area contributed by atoms with Crippen molar-refractivity contribution < 1.29 is 23.8 Å². The smallest absolute Gasteiger partial charge is 0.309 e. The molecule has 0 saturated heterocycles. The third-order valence-electron chi connectivity index (χ3n) is 3.10. The number of ether oxygens (including phenoxy) is 3. The van der Waals surface area contributed by atoms with Gasteiger partial charge < -0.3 is 14.2 Å². The molecule has 18 heavy (non-hydrogen) atoms. The van der Waals surface area contributed by atoms with E-state index in [-0.39, 0.29) is 37.0 Å². The van der Waals surface area contributed by atoms with Crippen LogP contribution in [0.4, 0.5) is 0 Å². The normalized spacial score (nSPS) is 17.4. The number of esters is 2. The molecule has 5 nitrogen and oxygen atoms in total. The molecule has 0 aromatic carbocycles. The average molecular weight is 258 g/mol. The molecule has 0 amide bonds. The van der Waals surface area contributed by atoms with Gasteiger partial charge >= 0.3 is 11.9 Å². The molecule has 1 fully saturated rings. The van der Waals surface area contributed by atoms with Crippen LogP contribution in [0.2, 0.25) is 0 Å². The van der Waals surface area contributed by atoms with Crippen molar-refractivity contribution in [3.8, 4) is 0 Å². The summed E-state index contributed by atoms with van der Waals surface area (Å²) in [4.78, 5) is 22.7. The lowest BCUT2D eigenvalue weighted by Gasteiger charge is -2.23. The largest absolute Gasteiger partial charge is 0.465 e. The molecule has 5 heteroatoms. The maximum Gasteiger partial charge on any atom is 0.309 e. The van der Waals surface area contributed by atoms with E-state index >= 15 is 0 Å². The summed E-state index contributed by atoms with van der Waals surface area (Å²) in [7, 11) is 1.52. The lowest BCUT2D eigenvalue weighted by Crippen LogP contribution is -2.28. The van der Waals surface area contributed by atoms with Gasteiger partial charge in [-0.1, -0.05) is 0 Å². The Bertz CT molecular complexity index is 281. The Morgan fingerprint density at radius 2 is 1.67 bits per heavy atom. The van der Waals surface area contributed by atoms with Crippen LogP contribution >= 0.6 is 0 Å². The number of carbonyl (C=O) groups excluding carboxylic acids is 2. The van der Waals surface area contributed by atoms with Gasteiger partial charge in [0.25, 0.3) is 0 Å². The molecule has 0 aromatic rings. The molecule has 0 bridgehead atoms. The van der Waals surface area contributed by atoms with Gasteiger partial charge in [-0.15, -0.1) is 0 Å². The number of carbonyl (C=O) groups is 2. The van der Waals surface area contributed by atoms with E-state index in [0.29, 0.717) is 6.61 Å². The van der Waals surface area contributed by atoms with Crippen LogP contribution in [-0.4, -0.2) is 37.9 Å². The molecule has 1 aliphatic carbocycles. The molecule has 0 N–H and O–H groups in total. The highest BCUT2D eigenvalue weighted by Gasteiger charge is 2.32. The average Bonchev–Trinajstić information content (AvgIpc) is 2.72. The SMILES string of the molecule is COCCC(=O)OCCC(=O)OC1(C)CCCC1. The van der Waals surface area contributed by atoms with Crippen molar-refractivity contribution in [2.75, 3.05) is 20.3 Å². The van der Waals surface area contributed by atoms with E-state index in [4.69, 9.17) is 14.2 Å². The highest BCUT2D eigenvalue weighted by molar-refractivity contribution is 5.72. The van der Waals surface area contributed by atoms with Crippen molar-refractivity contribution in [1.29, 1.82) is 0 Å². The van der Waals surface area contributed by atoms with Crippen LogP contribution in [-0.2, 0) is 23.8 Å². The highest BCUT2D eigenvalue weighted by atomic mass is 16.6. The quantitative estimate of drug-likeness (QED) is 0.652. The third-order valence-corrected chi connectivity index (χ3v) is 3.10. The predicted octanol–water partition coefficient (Wildman–Crippen LogP) is 1.83. The van der Waals surface area contributed by atoms with Crippen molar-refractivity contribution in [3.63, 3.8) is 0 Å². The van der Waals surface area contributed by atoms with Crippen molar-refractivity contribution in [1.82, 2.24) is 0 Å². The van der Waals surface area contributed by atoms with Gasteiger partial charge in [0.2, 0.25) is 0 Å². The van der Waals surface area contributed by atoms with Crippen LogP contribution in [0.5, 0.6) is 0 Å². The monoisotopic (exact) mass is 258 g/mol. The molecule has 104 valence electrons. The van der Waals surface area contributed by atoms with Gasteiger partial charge in [-0.3, -0.25) is 9.59 Å². The number of hydrogen-bond donors (Lipinski definition) is 0. The van der Waals surface area contributed by atoms with E-state index in [0.717, 1.165) is 25.7 Å². The topological polar surface area (TPSA) is 61.8 Å². The van der Waals surface area contributed by atoms with Gasteiger partial charge in [0.15, 0.2) is 0 Å². The van der Waals surface area contributed by atoms with Crippen LogP contribution in [0.15, 0.2) is 0 Å². The summed E-state index contributed by atoms with van der Waals surface area (Å²) in [5.74, 6) is -0.643. The van der Waals surface area contributed by atoms with Gasteiger partial charge in [0.1, 0.15) is 12.2 Å². The van der Waals surface area contributed by atoms with Crippen molar-refractivity contribution in [2.24, 2.45) is 0 Å². The highest BCUT2D eigenvalue weighted by Crippen LogP contribution is 2.32. The minimum absolute atomic E-state index is 0.0808. The number of hydrogen-bond acceptors (Lipinski definition) is 5. The fourth-order valence-corrected chi connectivity index (χ4v) is 2.06. The standard InChI is InChI=1S/C13H22O5/c1-13(7-3-4-8-13)18-12(15)6-10-17-11(14)5-9-16-2/h3-10H2,1-2H3. The zero-order valence-corrected chi connectivity index (χ0v) is 11.2. The van der Waals surface area contributed by atoms with E-state index in [1.165, 1.54) is 7.11 Å². The van der Waals surface area contributed by atoms with Crippen LogP contribution in [0.1, 0.15) is 45.4 Å². The molecule has 0 aromatic heterocycles. The summed E-state index contributed by atoms with van der Waals surface area (Å²) >= 11 is 0. The van der Waals surface area contributed by atoms with Crippen molar-refractivity contribution in [2.45, 2.75) is 51.0 Å². The number of methoxy groups -OCH3 is 1. The van der Waals surface area contributed by atoms with Crippen LogP contribution in [0.3, 0.4) is 0 Å². The van der Waals surface area contributed by atoms with Gasteiger partial charge in [-0.05, 0) is 32.6 Å². The van der Waals surface area contributed by atoms with Crippen LogP contribution in [0, 0.1) is 0 Å². The van der Waals surface area contributed by atoms with Gasteiger partial charge in [0, 0.05) is 7.11 Å². The Morgan fingerprint density at radius 3 is 2.28 bits per heavy atom. The number of rotatable bonds is 7. The molecule has 0 radical (unpaired) electrons. The Balaban J connectivity index is 2.11. The summed E-state index contributed by atoms with van der Waals surface area (Å²) in [6, 6.07) is 0. The predicted molar refractivity (Wildman–Crippen MR) is 65.0 cm³/mol. The minimum atomic E-state index is -0.350. The van der Waals surface area contributed by atoms with E-state index in [1.807, 2.05) is 6.92 Å². The first kappa shape index (κ1) is 15.0. The summed E-state index contributed by atoms with van der Waals surface area (Å²) < 4.78 is 15.0. The van der Waals surface area contributed by atoms with Gasteiger partial charge in [-0.2, -0.15) is 0 Å². The Kier molecular flexibility index (Phi) is 6.12. The lowest BCUT2D eigenvalue weighted by atomic mass is 10.1. The zero-order chi connectivity index (χ0) is 13.4. The van der Waals surface area contributed by atoms with Crippen molar-refractivity contribution in [3.05, 3.63) is 0 Å². The Hall–Kier alpha value is -1.10. The second-order valence-corrected chi connectivity index (χ2v) is 4.84. The maximum absolute atomic E-state index is 11.6. The fourth-order valence-electron chi connectivity index (χ4n) is 2.06. The summed E-state index contributed by atoms with van der Waals surface area (Å²) in [5, 5.41) is 0. The second kappa shape index (κ2) is 7.36. The first-order valence-electron chi connectivity index (χ1n) is 6.42. The van der Waals surface area contributed by atoms with E-state index in [1.54, 1.807) is 0 Å². The first-order chi connectivity index (χ1) is 8.56. The molecule has 1 rings (SSSR count). The summed E-state index contributed by atoms with van der Waals surface area (Å²) in [5.41, 5.74) is -0.308. The molecule has 0 unspecified atom stereocenters. The zero-order valence-electron chi connectivity index (χ0n) is 11.2. The van der Waals surface area contributed by atoms with Gasteiger partial charge in [-0.25, -0.2) is 0 Å². The summed E-state index contributed by atoms with van der Waals surface area (Å²) in [6.07, 6.45) is 4.39. The third kappa shape index (κ3) is 5.49. The first-order valence-corrected chi connectivity index (χ1v) is 6.42. The molecule has 0 heterocycles. The van der Waals surface area contributed by atoms with Gasteiger partial charge in [0.05, 0.1) is 19.4 Å². The molecular weight excluding hydrogens is 236 g/mol. The lowest BCUT2D eigenvalue weighted by molar-refractivity contribution is -0.160. The molecule has 0 spiro atoms. The molecule has 1 saturated carbocycles. The Morgan fingerprint density at radius 1 is 1.06 bits per heavy atom. The fraction of sp³-hybridized carbons (Fsp3) is 0.846. The minimum Gasteiger partial charge on any atom is -0.465 e. The molecule has 0 aliphatic heterocycles. The van der Waals surface area contributed by atoms with E-state index in [9.17, 15) is 9.59 Å². The van der Waals surface area contributed by atoms with Crippen LogP contribution < -0.4 is 0 Å². The van der Waals surface area contributed by atoms with E-state index in [2.05, 4.69) is 0 Å². The summed E-state index contributed by atoms with van der Waals surface area (Å²) in [6.45, 7) is 2.38. The maximum atomic E-state index is 11.6. The molecule has 0 atom stereocenters. The molecule has 1 aliphatic rings. The Labute approximate surface area is 108 Å². The van der Waals surface area contributed by atoms with Crippen LogP contribution in [0.25, 0.3) is 0 Å². The van der Waals surface area contributed by atoms with Crippen molar-refractivity contribution >= 4 is 11.9 Å². The van der Waals surface area contributed by atoms with E-state index < -0.39 is 0 Å². The molecular formula is C13H22O5. The second-order valence-electron chi connectivity index (χ2n) is 4.84.